The molecule has 90 valence electrons. The second kappa shape index (κ2) is 3.83. The van der Waals surface area contributed by atoms with Gasteiger partial charge >= 0.3 is 6.03 Å². The first-order valence-electron chi connectivity index (χ1n) is 4.25. The van der Waals surface area contributed by atoms with E-state index in [1.165, 1.54) is 0 Å². The van der Waals surface area contributed by atoms with E-state index in [1.54, 1.807) is 0 Å². The Hall–Kier alpha value is -2.49. The molecule has 1 saturated heterocycles. The number of nitro benzene ring substituents is 1. The standard InChI is InChI=1S/C7H5F2N5O3/c8-3-1-5(13-11-7(15)10-12-13)6(14(16)17)2-4(3)9/h1-2,12H,(H2,10,11,15). The summed E-state index contributed by atoms with van der Waals surface area (Å²) in [5.74, 6) is -2.62. The van der Waals surface area contributed by atoms with Gasteiger partial charge in [0, 0.05) is 6.07 Å². The Morgan fingerprint density at radius 1 is 1.29 bits per heavy atom. The minimum Gasteiger partial charge on any atom is -0.258 e. The van der Waals surface area contributed by atoms with Crippen LogP contribution in [0.1, 0.15) is 0 Å². The molecular formula is C7H5F2N5O3. The van der Waals surface area contributed by atoms with E-state index in [-0.39, 0.29) is 5.69 Å². The molecule has 2 amide bonds. The van der Waals surface area contributed by atoms with Gasteiger partial charge in [-0.25, -0.2) is 19.0 Å². The lowest BCUT2D eigenvalue weighted by molar-refractivity contribution is -0.384. The number of carbonyl (C=O) groups excluding carboxylic acids is 1. The molecule has 1 aromatic carbocycles. The van der Waals surface area contributed by atoms with E-state index in [1.807, 2.05) is 0 Å². The van der Waals surface area contributed by atoms with Crippen LogP contribution in [0.3, 0.4) is 0 Å². The summed E-state index contributed by atoms with van der Waals surface area (Å²) in [6.45, 7) is 0. The number of anilines is 1. The molecule has 0 aromatic heterocycles. The highest BCUT2D eigenvalue weighted by molar-refractivity contribution is 5.79. The summed E-state index contributed by atoms with van der Waals surface area (Å²) in [5, 5.41) is 11.4. The summed E-state index contributed by atoms with van der Waals surface area (Å²) >= 11 is 0. The van der Waals surface area contributed by atoms with E-state index in [2.05, 4.69) is 16.4 Å². The maximum Gasteiger partial charge on any atom is 0.350 e. The van der Waals surface area contributed by atoms with E-state index in [0.29, 0.717) is 12.1 Å². The predicted molar refractivity (Wildman–Crippen MR) is 50.3 cm³/mol. The highest BCUT2D eigenvalue weighted by Gasteiger charge is 2.27. The Labute approximate surface area is 92.3 Å². The number of carbonyl (C=O) groups is 1. The van der Waals surface area contributed by atoms with Crippen LogP contribution in [0.4, 0.5) is 25.0 Å². The average Bonchev–Trinajstić information content (AvgIpc) is 2.68. The highest BCUT2D eigenvalue weighted by atomic mass is 19.2. The zero-order valence-electron chi connectivity index (χ0n) is 8.03. The second-order valence-corrected chi connectivity index (χ2v) is 3.03. The van der Waals surface area contributed by atoms with Gasteiger partial charge in [-0.15, -0.1) is 5.53 Å². The Bertz CT molecular complexity index is 509. The number of hydrogen-bond acceptors (Lipinski definition) is 5. The molecule has 2 rings (SSSR count). The normalized spacial score (nSPS) is 14.5. The molecular weight excluding hydrogens is 240 g/mol. The second-order valence-electron chi connectivity index (χ2n) is 3.03. The fourth-order valence-corrected chi connectivity index (χ4v) is 1.24. The molecule has 3 N–H and O–H groups in total. The van der Waals surface area contributed by atoms with Crippen LogP contribution < -0.4 is 21.5 Å². The third-order valence-corrected chi connectivity index (χ3v) is 1.95. The van der Waals surface area contributed by atoms with Gasteiger partial charge in [-0.05, 0) is 0 Å². The fourth-order valence-electron chi connectivity index (χ4n) is 1.24. The number of halogens is 2. The van der Waals surface area contributed by atoms with Gasteiger partial charge in [0.05, 0.1) is 11.0 Å². The van der Waals surface area contributed by atoms with Gasteiger partial charge < -0.3 is 0 Å². The number of hydrazine groups is 3. The van der Waals surface area contributed by atoms with Crippen molar-refractivity contribution in [2.45, 2.75) is 0 Å². The van der Waals surface area contributed by atoms with Crippen molar-refractivity contribution < 1.29 is 18.5 Å². The monoisotopic (exact) mass is 245 g/mol. The van der Waals surface area contributed by atoms with Gasteiger partial charge in [0.1, 0.15) is 0 Å². The minimum absolute atomic E-state index is 0.341. The van der Waals surface area contributed by atoms with E-state index < -0.39 is 28.3 Å². The average molecular weight is 245 g/mol. The zero-order valence-corrected chi connectivity index (χ0v) is 8.03. The van der Waals surface area contributed by atoms with Crippen molar-refractivity contribution in [1.29, 1.82) is 0 Å². The van der Waals surface area contributed by atoms with Gasteiger partial charge in [-0.3, -0.25) is 15.5 Å². The maximum absolute atomic E-state index is 13.0. The summed E-state index contributed by atoms with van der Waals surface area (Å²) in [6, 6.07) is 0.328. The maximum atomic E-state index is 13.0. The summed E-state index contributed by atoms with van der Waals surface area (Å²) in [6.07, 6.45) is 0. The number of rotatable bonds is 2. The number of benzene rings is 1. The van der Waals surface area contributed by atoms with Gasteiger partial charge in [-0.2, -0.15) is 5.12 Å². The molecule has 0 unspecified atom stereocenters. The van der Waals surface area contributed by atoms with Crippen molar-refractivity contribution in [2.75, 3.05) is 5.12 Å². The van der Waals surface area contributed by atoms with Crippen LogP contribution >= 0.6 is 0 Å². The molecule has 0 radical (unpaired) electrons. The van der Waals surface area contributed by atoms with Crippen molar-refractivity contribution in [3.63, 3.8) is 0 Å². The third-order valence-electron chi connectivity index (χ3n) is 1.95. The lowest BCUT2D eigenvalue weighted by Crippen LogP contribution is -2.40. The quantitative estimate of drug-likeness (QED) is 0.515. The number of amides is 2. The van der Waals surface area contributed by atoms with Crippen molar-refractivity contribution in [3.8, 4) is 0 Å². The highest BCUT2D eigenvalue weighted by Crippen LogP contribution is 2.29. The fraction of sp³-hybridized carbons (Fsp3) is 0. The Morgan fingerprint density at radius 2 is 1.94 bits per heavy atom. The van der Waals surface area contributed by atoms with E-state index >= 15 is 0 Å². The predicted octanol–water partition coefficient (Wildman–Crippen LogP) is 0.327. The number of hydrogen-bond donors (Lipinski definition) is 3. The molecule has 0 saturated carbocycles. The van der Waals surface area contributed by atoms with Crippen molar-refractivity contribution in [1.82, 2.24) is 16.4 Å². The van der Waals surface area contributed by atoms with E-state index in [9.17, 15) is 23.7 Å². The number of nitrogens with zero attached hydrogens (tertiary/aromatic N) is 2. The molecule has 1 aliphatic heterocycles. The van der Waals surface area contributed by atoms with Crippen LogP contribution in [0, 0.1) is 21.7 Å². The molecule has 1 aromatic rings. The van der Waals surface area contributed by atoms with Crippen molar-refractivity contribution in [3.05, 3.63) is 33.9 Å². The summed E-state index contributed by atoms with van der Waals surface area (Å²) in [4.78, 5) is 20.5. The number of urea groups is 1. The van der Waals surface area contributed by atoms with Crippen molar-refractivity contribution in [2.24, 2.45) is 0 Å². The Balaban J connectivity index is 2.47. The molecule has 1 aliphatic rings. The van der Waals surface area contributed by atoms with Crippen LogP contribution in [0.15, 0.2) is 12.1 Å². The zero-order chi connectivity index (χ0) is 12.6. The molecule has 1 fully saturated rings. The van der Waals surface area contributed by atoms with Crippen LogP contribution in [0.2, 0.25) is 0 Å². The molecule has 0 spiro atoms. The van der Waals surface area contributed by atoms with Crippen LogP contribution in [0.5, 0.6) is 0 Å². The minimum atomic E-state index is -1.35. The number of nitrogens with one attached hydrogen (secondary N) is 3. The molecule has 1 heterocycles. The first-order chi connectivity index (χ1) is 7.99. The molecule has 0 atom stereocenters. The topological polar surface area (TPSA) is 99.5 Å². The summed E-state index contributed by atoms with van der Waals surface area (Å²) < 4.78 is 25.8. The molecule has 17 heavy (non-hydrogen) atoms. The smallest absolute Gasteiger partial charge is 0.258 e. The van der Waals surface area contributed by atoms with Crippen molar-refractivity contribution >= 4 is 17.4 Å². The molecule has 0 bridgehead atoms. The Kier molecular flexibility index (Phi) is 2.48. The van der Waals surface area contributed by atoms with Crippen LogP contribution in [-0.2, 0) is 0 Å². The first-order valence-corrected chi connectivity index (χ1v) is 4.25. The van der Waals surface area contributed by atoms with Gasteiger partial charge in [-0.1, -0.05) is 0 Å². The van der Waals surface area contributed by atoms with Gasteiger partial charge in [0.15, 0.2) is 17.3 Å². The van der Waals surface area contributed by atoms with Gasteiger partial charge in [0.25, 0.3) is 5.69 Å². The third kappa shape index (κ3) is 1.92. The van der Waals surface area contributed by atoms with Crippen LogP contribution in [-0.4, -0.2) is 11.0 Å². The summed E-state index contributed by atoms with van der Waals surface area (Å²) in [5.41, 5.74) is 5.31. The SMILES string of the molecule is O=C1NNN(c2cc(F)c(F)cc2[N+](=O)[O-])N1. The lowest BCUT2D eigenvalue weighted by atomic mass is 10.2. The van der Waals surface area contributed by atoms with E-state index in [4.69, 9.17) is 0 Å². The molecule has 10 heteroatoms. The first kappa shape index (κ1) is 11.0. The van der Waals surface area contributed by atoms with E-state index in [0.717, 1.165) is 5.12 Å². The number of nitro groups is 1. The van der Waals surface area contributed by atoms with Crippen LogP contribution in [0.25, 0.3) is 0 Å². The molecule has 0 aliphatic carbocycles. The largest absolute Gasteiger partial charge is 0.350 e. The molecule has 8 nitrogen and oxygen atoms in total. The Morgan fingerprint density at radius 3 is 2.47 bits per heavy atom. The lowest BCUT2D eigenvalue weighted by Gasteiger charge is -2.15. The summed E-state index contributed by atoms with van der Waals surface area (Å²) in [7, 11) is 0. The van der Waals surface area contributed by atoms with Gasteiger partial charge in [0.2, 0.25) is 0 Å².